The molecular formula is C11H18N6O3. The van der Waals surface area contributed by atoms with Crippen molar-refractivity contribution in [2.24, 2.45) is 5.84 Å². The van der Waals surface area contributed by atoms with Gasteiger partial charge < -0.3 is 15.4 Å². The zero-order valence-corrected chi connectivity index (χ0v) is 11.2. The number of anilines is 2. The van der Waals surface area contributed by atoms with E-state index in [0.29, 0.717) is 25.9 Å². The molecule has 0 spiro atoms. The maximum absolute atomic E-state index is 11.2. The summed E-state index contributed by atoms with van der Waals surface area (Å²) in [5, 5.41) is 21.3. The zero-order valence-electron chi connectivity index (χ0n) is 11.2. The van der Waals surface area contributed by atoms with Crippen molar-refractivity contribution in [3.05, 3.63) is 16.4 Å². The minimum absolute atomic E-state index is 0.0176. The number of nitrogen functional groups attached to an aromatic ring is 1. The van der Waals surface area contributed by atoms with Crippen LogP contribution in [0, 0.1) is 10.1 Å². The van der Waals surface area contributed by atoms with Crippen molar-refractivity contribution in [3.63, 3.8) is 0 Å². The highest BCUT2D eigenvalue weighted by atomic mass is 16.6. The van der Waals surface area contributed by atoms with Gasteiger partial charge in [-0.1, -0.05) is 0 Å². The molecule has 110 valence electrons. The summed E-state index contributed by atoms with van der Waals surface area (Å²) in [6.45, 7) is 2.87. The summed E-state index contributed by atoms with van der Waals surface area (Å²) in [7, 11) is 0. The number of nitrogens with zero attached hydrogens (tertiary/aromatic N) is 4. The zero-order chi connectivity index (χ0) is 14.8. The normalized spacial score (nSPS) is 23.2. The molecule has 2 rings (SSSR count). The molecule has 0 saturated carbocycles. The van der Waals surface area contributed by atoms with Crippen LogP contribution in [0.4, 0.5) is 17.3 Å². The fourth-order valence-corrected chi connectivity index (χ4v) is 2.35. The Balaban J connectivity index is 2.35. The molecule has 1 fully saturated rings. The lowest BCUT2D eigenvalue weighted by atomic mass is 9.98. The van der Waals surface area contributed by atoms with Crippen molar-refractivity contribution < 1.29 is 10.0 Å². The maximum atomic E-state index is 11.2. The van der Waals surface area contributed by atoms with Gasteiger partial charge in [0.2, 0.25) is 11.6 Å². The molecule has 0 radical (unpaired) electrons. The van der Waals surface area contributed by atoms with Crippen molar-refractivity contribution >= 4 is 17.3 Å². The number of hydrogen-bond acceptors (Lipinski definition) is 8. The van der Waals surface area contributed by atoms with Crippen molar-refractivity contribution in [3.8, 4) is 0 Å². The molecular weight excluding hydrogens is 264 g/mol. The van der Waals surface area contributed by atoms with E-state index in [0.717, 1.165) is 6.42 Å². The molecule has 0 aliphatic carbocycles. The predicted octanol–water partition coefficient (Wildman–Crippen LogP) is 0.412. The lowest BCUT2D eigenvalue weighted by Crippen LogP contribution is -2.29. The van der Waals surface area contributed by atoms with Crippen molar-refractivity contribution in [2.75, 3.05) is 23.4 Å². The van der Waals surface area contributed by atoms with Gasteiger partial charge >= 0.3 is 5.69 Å². The van der Waals surface area contributed by atoms with Crippen LogP contribution in [0.3, 0.4) is 0 Å². The van der Waals surface area contributed by atoms with Gasteiger partial charge in [0.05, 0.1) is 10.5 Å². The number of nitrogens with two attached hydrogens (primary N) is 1. The number of hydrazine groups is 1. The highest BCUT2D eigenvalue weighted by Crippen LogP contribution is 2.33. The topological polar surface area (TPSA) is 130 Å². The first-order valence-corrected chi connectivity index (χ1v) is 6.38. The van der Waals surface area contributed by atoms with Gasteiger partial charge in [0.25, 0.3) is 0 Å². The Hall–Kier alpha value is -2.00. The maximum Gasteiger partial charge on any atom is 0.354 e. The summed E-state index contributed by atoms with van der Waals surface area (Å²) >= 11 is 0. The SMILES string of the molecule is CC1(O)CCCN(c2ncnc(NN)c2[N+](=O)[O-])CC1. The highest BCUT2D eigenvalue weighted by molar-refractivity contribution is 5.69. The van der Waals surface area contributed by atoms with Crippen molar-refractivity contribution in [1.29, 1.82) is 0 Å². The van der Waals surface area contributed by atoms with Gasteiger partial charge in [0.15, 0.2) is 0 Å². The molecule has 1 aromatic rings. The van der Waals surface area contributed by atoms with Crippen LogP contribution in [0.5, 0.6) is 0 Å². The minimum atomic E-state index is -0.745. The Labute approximate surface area is 115 Å². The van der Waals surface area contributed by atoms with E-state index in [1.54, 1.807) is 11.8 Å². The quantitative estimate of drug-likeness (QED) is 0.413. The van der Waals surface area contributed by atoms with Gasteiger partial charge in [-0.15, -0.1) is 0 Å². The van der Waals surface area contributed by atoms with E-state index in [-0.39, 0.29) is 17.3 Å². The van der Waals surface area contributed by atoms with Gasteiger partial charge in [-0.2, -0.15) is 0 Å². The van der Waals surface area contributed by atoms with Gasteiger partial charge in [-0.3, -0.25) is 10.1 Å². The molecule has 9 nitrogen and oxygen atoms in total. The van der Waals surface area contributed by atoms with Crippen LogP contribution in [0.1, 0.15) is 26.2 Å². The summed E-state index contributed by atoms with van der Waals surface area (Å²) in [6.07, 6.45) is 3.16. The van der Waals surface area contributed by atoms with Gasteiger partial charge in [0, 0.05) is 13.1 Å². The van der Waals surface area contributed by atoms with Crippen LogP contribution in [0.2, 0.25) is 0 Å². The number of aliphatic hydroxyl groups is 1. The first-order valence-electron chi connectivity index (χ1n) is 6.38. The van der Waals surface area contributed by atoms with Crippen LogP contribution >= 0.6 is 0 Å². The number of rotatable bonds is 3. The number of aromatic nitrogens is 2. The van der Waals surface area contributed by atoms with Crippen molar-refractivity contribution in [2.45, 2.75) is 31.8 Å². The summed E-state index contributed by atoms with van der Waals surface area (Å²) in [5.74, 6) is 5.47. The lowest BCUT2D eigenvalue weighted by Gasteiger charge is -2.23. The first-order chi connectivity index (χ1) is 9.44. The molecule has 9 heteroatoms. The molecule has 1 aromatic heterocycles. The molecule has 1 atom stereocenters. The van der Waals surface area contributed by atoms with Gasteiger partial charge in [-0.25, -0.2) is 15.8 Å². The summed E-state index contributed by atoms with van der Waals surface area (Å²) < 4.78 is 0. The third-order valence-electron chi connectivity index (χ3n) is 3.49. The Kier molecular flexibility index (Phi) is 4.00. The van der Waals surface area contributed by atoms with Crippen LogP contribution in [-0.2, 0) is 0 Å². The molecule has 0 bridgehead atoms. The second-order valence-corrected chi connectivity index (χ2v) is 5.13. The Morgan fingerprint density at radius 2 is 2.25 bits per heavy atom. The van der Waals surface area contributed by atoms with Crippen LogP contribution in [0.25, 0.3) is 0 Å². The third-order valence-corrected chi connectivity index (χ3v) is 3.49. The molecule has 0 amide bonds. The van der Waals surface area contributed by atoms with Gasteiger partial charge in [0.1, 0.15) is 6.33 Å². The van der Waals surface area contributed by atoms with E-state index in [2.05, 4.69) is 15.4 Å². The van der Waals surface area contributed by atoms with E-state index in [1.165, 1.54) is 6.33 Å². The molecule has 1 aliphatic heterocycles. The predicted molar refractivity (Wildman–Crippen MR) is 73.2 cm³/mol. The van der Waals surface area contributed by atoms with Crippen LogP contribution < -0.4 is 16.2 Å². The van der Waals surface area contributed by atoms with E-state index in [9.17, 15) is 15.2 Å². The molecule has 20 heavy (non-hydrogen) atoms. The second-order valence-electron chi connectivity index (χ2n) is 5.13. The first kappa shape index (κ1) is 14.4. The Morgan fingerprint density at radius 3 is 2.90 bits per heavy atom. The standard InChI is InChI=1S/C11H18N6O3/c1-11(18)3-2-5-16(6-4-11)10-8(17(19)20)9(15-12)13-7-14-10/h7,18H,2-6,12H2,1H3,(H,13,14,15). The van der Waals surface area contributed by atoms with Crippen LogP contribution in [0.15, 0.2) is 6.33 Å². The number of hydrogen-bond donors (Lipinski definition) is 3. The Morgan fingerprint density at radius 1 is 1.50 bits per heavy atom. The fraction of sp³-hybridized carbons (Fsp3) is 0.636. The third kappa shape index (κ3) is 2.94. The molecule has 1 unspecified atom stereocenters. The summed E-state index contributed by atoms with van der Waals surface area (Å²) in [6, 6.07) is 0. The average Bonchev–Trinajstić information content (AvgIpc) is 2.58. The molecule has 4 N–H and O–H groups in total. The monoisotopic (exact) mass is 282 g/mol. The highest BCUT2D eigenvalue weighted by Gasteiger charge is 2.31. The largest absolute Gasteiger partial charge is 0.390 e. The average molecular weight is 282 g/mol. The number of nitrogens with one attached hydrogen (secondary N) is 1. The Bertz CT molecular complexity index is 507. The van der Waals surface area contributed by atoms with E-state index >= 15 is 0 Å². The van der Waals surface area contributed by atoms with Crippen LogP contribution in [-0.4, -0.2) is 38.7 Å². The summed E-state index contributed by atoms with van der Waals surface area (Å²) in [5.41, 5.74) is 1.24. The minimum Gasteiger partial charge on any atom is -0.390 e. The fourth-order valence-electron chi connectivity index (χ4n) is 2.35. The summed E-state index contributed by atoms with van der Waals surface area (Å²) in [4.78, 5) is 20.2. The lowest BCUT2D eigenvalue weighted by molar-refractivity contribution is -0.383. The van der Waals surface area contributed by atoms with E-state index < -0.39 is 10.5 Å². The second kappa shape index (κ2) is 5.55. The molecule has 0 aromatic carbocycles. The number of nitro groups is 1. The van der Waals surface area contributed by atoms with Crippen molar-refractivity contribution in [1.82, 2.24) is 9.97 Å². The molecule has 2 heterocycles. The van der Waals surface area contributed by atoms with E-state index in [4.69, 9.17) is 5.84 Å². The van der Waals surface area contributed by atoms with Gasteiger partial charge in [-0.05, 0) is 26.2 Å². The smallest absolute Gasteiger partial charge is 0.354 e. The molecule has 1 saturated heterocycles. The van der Waals surface area contributed by atoms with E-state index in [1.807, 2.05) is 0 Å². The molecule has 1 aliphatic rings.